The van der Waals surface area contributed by atoms with E-state index in [2.05, 4.69) is 10.2 Å². The number of H-pyrrole nitrogens is 1. The summed E-state index contributed by atoms with van der Waals surface area (Å²) in [6.07, 6.45) is 0. The molecule has 0 atom stereocenters. The van der Waals surface area contributed by atoms with Crippen LogP contribution in [0.25, 0.3) is 0 Å². The molecule has 9 heavy (non-hydrogen) atoms. The lowest BCUT2D eigenvalue weighted by Gasteiger charge is -1.68. The predicted octanol–water partition coefficient (Wildman–Crippen LogP) is 1.14. The Morgan fingerprint density at radius 1 is 1.56 bits per heavy atom. The van der Waals surface area contributed by atoms with Crippen molar-refractivity contribution in [2.75, 3.05) is 5.73 Å². The zero-order valence-electron chi connectivity index (χ0n) is 4.92. The minimum absolute atomic E-state index is 0. The number of rotatable bonds is 0. The molecule has 0 saturated heterocycles. The fourth-order valence-electron chi connectivity index (χ4n) is 0.439. The van der Waals surface area contributed by atoms with E-state index in [1.54, 1.807) is 6.07 Å². The molecule has 1 aromatic heterocycles. The molecule has 0 unspecified atom stereocenters. The molecule has 1 aromatic rings. The zero-order valence-corrected chi connectivity index (χ0v) is 6.55. The van der Waals surface area contributed by atoms with Gasteiger partial charge in [0.05, 0.1) is 0 Å². The molecule has 0 amide bonds. The van der Waals surface area contributed by atoms with Gasteiger partial charge in [-0.3, -0.25) is 5.10 Å². The van der Waals surface area contributed by atoms with Gasteiger partial charge < -0.3 is 5.73 Å². The summed E-state index contributed by atoms with van der Waals surface area (Å²) in [6, 6.07) is 1.78. The van der Waals surface area contributed by atoms with Crippen LogP contribution in [-0.4, -0.2) is 10.2 Å². The zero-order chi connectivity index (χ0) is 5.28. The Morgan fingerprint density at radius 2 is 2.11 bits per heavy atom. The average Bonchev–Trinajstić information content (AvgIpc) is 1.87. The average molecular weight is 170 g/mol. The molecule has 3 N–H and O–H groups in total. The van der Waals surface area contributed by atoms with Crippen molar-refractivity contribution in [3.05, 3.63) is 11.8 Å². The van der Waals surface area contributed by atoms with E-state index in [-0.39, 0.29) is 24.8 Å². The van der Waals surface area contributed by atoms with Crippen LogP contribution in [0.15, 0.2) is 6.07 Å². The summed E-state index contributed by atoms with van der Waals surface area (Å²) in [7, 11) is 0. The lowest BCUT2D eigenvalue weighted by atomic mass is 10.5. The fraction of sp³-hybridized carbons (Fsp3) is 0.250. The maximum absolute atomic E-state index is 5.24. The maximum atomic E-state index is 5.24. The summed E-state index contributed by atoms with van der Waals surface area (Å²) in [5.41, 5.74) is 6.23. The highest BCUT2D eigenvalue weighted by Gasteiger charge is 1.85. The molecular weight excluding hydrogens is 161 g/mol. The van der Waals surface area contributed by atoms with Gasteiger partial charge in [-0.25, -0.2) is 0 Å². The van der Waals surface area contributed by atoms with Gasteiger partial charge in [0, 0.05) is 11.8 Å². The minimum Gasteiger partial charge on any atom is -0.382 e. The third-order valence-electron chi connectivity index (χ3n) is 0.726. The number of nitrogens with two attached hydrogens (primary N) is 1. The standard InChI is InChI=1S/C4H7N3.2ClH/c1-3-2-4(5)7-6-3;;/h2H,1H3,(H3,5,6,7);2*1H. The van der Waals surface area contributed by atoms with E-state index >= 15 is 0 Å². The monoisotopic (exact) mass is 169 g/mol. The van der Waals surface area contributed by atoms with Crippen LogP contribution < -0.4 is 5.73 Å². The molecule has 0 aromatic carbocycles. The molecule has 3 nitrogen and oxygen atoms in total. The van der Waals surface area contributed by atoms with Gasteiger partial charge in [-0.05, 0) is 6.92 Å². The van der Waals surface area contributed by atoms with Gasteiger partial charge in [0.1, 0.15) is 5.82 Å². The molecule has 0 aliphatic carbocycles. The number of anilines is 1. The summed E-state index contributed by atoms with van der Waals surface area (Å²) >= 11 is 0. The van der Waals surface area contributed by atoms with Crippen molar-refractivity contribution in [1.82, 2.24) is 10.2 Å². The van der Waals surface area contributed by atoms with Crippen molar-refractivity contribution in [2.45, 2.75) is 6.92 Å². The van der Waals surface area contributed by atoms with Crippen LogP contribution in [-0.2, 0) is 0 Å². The first-order chi connectivity index (χ1) is 3.29. The number of aromatic amines is 1. The van der Waals surface area contributed by atoms with Crippen molar-refractivity contribution in [2.24, 2.45) is 0 Å². The van der Waals surface area contributed by atoms with E-state index in [0.717, 1.165) is 5.69 Å². The Balaban J connectivity index is 0. The van der Waals surface area contributed by atoms with Crippen molar-refractivity contribution >= 4 is 30.6 Å². The van der Waals surface area contributed by atoms with E-state index in [1.807, 2.05) is 6.92 Å². The first kappa shape index (κ1) is 11.4. The van der Waals surface area contributed by atoms with E-state index in [4.69, 9.17) is 5.73 Å². The molecule has 1 heterocycles. The summed E-state index contributed by atoms with van der Waals surface area (Å²) in [6.45, 7) is 1.91. The Kier molecular flexibility index (Phi) is 5.66. The summed E-state index contributed by atoms with van der Waals surface area (Å²) in [5.74, 6) is 0.553. The predicted molar refractivity (Wildman–Crippen MR) is 42.2 cm³/mol. The third kappa shape index (κ3) is 3.21. The Labute approximate surface area is 65.8 Å². The molecule has 0 fully saturated rings. The molecule has 0 saturated carbocycles. The molecule has 5 heteroatoms. The normalized spacial score (nSPS) is 7.22. The smallest absolute Gasteiger partial charge is 0.145 e. The van der Waals surface area contributed by atoms with Crippen LogP contribution >= 0.6 is 24.8 Å². The van der Waals surface area contributed by atoms with Crippen molar-refractivity contribution < 1.29 is 0 Å². The molecule has 1 rings (SSSR count). The van der Waals surface area contributed by atoms with Gasteiger partial charge >= 0.3 is 0 Å². The first-order valence-electron chi connectivity index (χ1n) is 2.06. The van der Waals surface area contributed by atoms with E-state index in [0.29, 0.717) is 5.82 Å². The molecule has 54 valence electrons. The maximum Gasteiger partial charge on any atom is 0.145 e. The van der Waals surface area contributed by atoms with Crippen molar-refractivity contribution in [3.63, 3.8) is 0 Å². The summed E-state index contributed by atoms with van der Waals surface area (Å²) in [5, 5.41) is 6.36. The summed E-state index contributed by atoms with van der Waals surface area (Å²) < 4.78 is 0. The third-order valence-corrected chi connectivity index (χ3v) is 0.726. The van der Waals surface area contributed by atoms with Gasteiger partial charge in [-0.2, -0.15) is 5.10 Å². The van der Waals surface area contributed by atoms with Crippen LogP contribution in [0.3, 0.4) is 0 Å². The topological polar surface area (TPSA) is 54.7 Å². The van der Waals surface area contributed by atoms with E-state index in [9.17, 15) is 0 Å². The molecule has 0 spiro atoms. The lowest BCUT2D eigenvalue weighted by Crippen LogP contribution is -1.81. The highest BCUT2D eigenvalue weighted by Crippen LogP contribution is 1.95. The van der Waals surface area contributed by atoms with Gasteiger partial charge in [0.25, 0.3) is 0 Å². The van der Waals surface area contributed by atoms with E-state index in [1.165, 1.54) is 0 Å². The second-order valence-corrected chi connectivity index (χ2v) is 1.48. The molecule has 0 aliphatic heterocycles. The number of halogens is 2. The Morgan fingerprint density at radius 3 is 2.22 bits per heavy atom. The number of nitrogen functional groups attached to an aromatic ring is 1. The Hall–Kier alpha value is -0.410. The quantitative estimate of drug-likeness (QED) is 0.613. The van der Waals surface area contributed by atoms with Crippen molar-refractivity contribution in [1.29, 1.82) is 0 Å². The van der Waals surface area contributed by atoms with Crippen LogP contribution in [0.5, 0.6) is 0 Å². The summed E-state index contributed by atoms with van der Waals surface area (Å²) in [4.78, 5) is 0. The second kappa shape index (κ2) is 4.47. The van der Waals surface area contributed by atoms with Gasteiger partial charge in [-0.15, -0.1) is 24.8 Å². The number of aryl methyl sites for hydroxylation is 1. The first-order valence-corrected chi connectivity index (χ1v) is 2.06. The molecule has 0 radical (unpaired) electrons. The fourth-order valence-corrected chi connectivity index (χ4v) is 0.439. The number of nitrogens with zero attached hydrogens (tertiary/aromatic N) is 1. The second-order valence-electron chi connectivity index (χ2n) is 1.48. The van der Waals surface area contributed by atoms with E-state index < -0.39 is 0 Å². The Bertz CT molecular complexity index is 146. The van der Waals surface area contributed by atoms with Gasteiger partial charge in [-0.1, -0.05) is 0 Å². The number of nitrogens with one attached hydrogen (secondary N) is 1. The van der Waals surface area contributed by atoms with Crippen LogP contribution in [0.1, 0.15) is 5.69 Å². The number of hydrogen-bond acceptors (Lipinski definition) is 2. The van der Waals surface area contributed by atoms with Gasteiger partial charge in [0.2, 0.25) is 0 Å². The number of hydrogen-bond donors (Lipinski definition) is 2. The SMILES string of the molecule is Cc1cc(N)n[nH]1.Cl.Cl. The van der Waals surface area contributed by atoms with Crippen LogP contribution in [0.4, 0.5) is 5.82 Å². The van der Waals surface area contributed by atoms with Crippen LogP contribution in [0, 0.1) is 6.92 Å². The number of aromatic nitrogens is 2. The highest BCUT2D eigenvalue weighted by molar-refractivity contribution is 5.85. The highest BCUT2D eigenvalue weighted by atomic mass is 35.5. The van der Waals surface area contributed by atoms with Crippen molar-refractivity contribution in [3.8, 4) is 0 Å². The van der Waals surface area contributed by atoms with Crippen LogP contribution in [0.2, 0.25) is 0 Å². The molecule has 0 aliphatic rings. The molecule has 0 bridgehead atoms. The lowest BCUT2D eigenvalue weighted by molar-refractivity contribution is 1.05. The largest absolute Gasteiger partial charge is 0.382 e. The van der Waals surface area contributed by atoms with Gasteiger partial charge in [0.15, 0.2) is 0 Å². The molecular formula is C4H9Cl2N3. The minimum atomic E-state index is 0.